The highest BCUT2D eigenvalue weighted by Gasteiger charge is 2.35. The minimum absolute atomic E-state index is 0.0364. The Morgan fingerprint density at radius 3 is 2.71 bits per heavy atom. The van der Waals surface area contributed by atoms with Crippen LogP contribution in [-0.4, -0.2) is 72.2 Å². The summed E-state index contributed by atoms with van der Waals surface area (Å²) in [6.45, 7) is 4.40. The van der Waals surface area contributed by atoms with Gasteiger partial charge >= 0.3 is 5.97 Å². The van der Waals surface area contributed by atoms with Crippen molar-refractivity contribution in [3.8, 4) is 0 Å². The molecule has 0 spiro atoms. The van der Waals surface area contributed by atoms with E-state index in [4.69, 9.17) is 9.84 Å². The quantitative estimate of drug-likeness (QED) is 0.712. The molecule has 1 amide bonds. The first kappa shape index (κ1) is 12.3. The molecule has 0 radical (unpaired) electrons. The predicted molar refractivity (Wildman–Crippen MR) is 59.6 cm³/mol. The van der Waals surface area contributed by atoms with E-state index < -0.39 is 12.0 Å². The molecule has 0 bridgehead atoms. The van der Waals surface area contributed by atoms with Crippen LogP contribution in [0.25, 0.3) is 0 Å². The normalized spacial score (nSPS) is 26.5. The van der Waals surface area contributed by atoms with Crippen molar-refractivity contribution in [2.75, 3.05) is 39.4 Å². The summed E-state index contributed by atoms with van der Waals surface area (Å²) in [5.41, 5.74) is 0. The van der Waals surface area contributed by atoms with Gasteiger partial charge in [-0.3, -0.25) is 9.69 Å². The Kier molecular flexibility index (Phi) is 3.96. The van der Waals surface area contributed by atoms with Crippen molar-refractivity contribution in [1.82, 2.24) is 9.80 Å². The van der Waals surface area contributed by atoms with Gasteiger partial charge in [-0.05, 0) is 6.42 Å². The molecule has 2 saturated heterocycles. The fourth-order valence-corrected chi connectivity index (χ4v) is 2.34. The maximum absolute atomic E-state index is 11.6. The second-order valence-electron chi connectivity index (χ2n) is 4.43. The zero-order valence-corrected chi connectivity index (χ0v) is 9.80. The smallest absolute Gasteiger partial charge is 0.326 e. The number of carboxylic acids is 1. The van der Waals surface area contributed by atoms with Crippen LogP contribution < -0.4 is 0 Å². The van der Waals surface area contributed by atoms with Crippen LogP contribution in [0.4, 0.5) is 0 Å². The highest BCUT2D eigenvalue weighted by Crippen LogP contribution is 2.18. The Morgan fingerprint density at radius 1 is 1.35 bits per heavy atom. The van der Waals surface area contributed by atoms with Crippen LogP contribution in [0.5, 0.6) is 0 Å². The molecular weight excluding hydrogens is 224 g/mol. The first-order valence-corrected chi connectivity index (χ1v) is 6.01. The Balaban J connectivity index is 1.83. The molecule has 1 unspecified atom stereocenters. The molecule has 1 N–H and O–H groups in total. The molecule has 96 valence electrons. The Labute approximate surface area is 100 Å². The SMILES string of the molecule is O=C(O)C1CCC(=O)N1CCN1CCOCC1. The van der Waals surface area contributed by atoms with E-state index in [1.165, 1.54) is 4.90 Å². The highest BCUT2D eigenvalue weighted by molar-refractivity contribution is 5.87. The van der Waals surface area contributed by atoms with Gasteiger partial charge in [-0.25, -0.2) is 4.79 Å². The molecule has 2 heterocycles. The summed E-state index contributed by atoms with van der Waals surface area (Å²) in [7, 11) is 0. The zero-order valence-electron chi connectivity index (χ0n) is 9.80. The molecule has 0 aromatic heterocycles. The van der Waals surface area contributed by atoms with Crippen molar-refractivity contribution in [1.29, 1.82) is 0 Å². The molecule has 0 aromatic rings. The highest BCUT2D eigenvalue weighted by atomic mass is 16.5. The number of hydrogen-bond donors (Lipinski definition) is 1. The van der Waals surface area contributed by atoms with Crippen LogP contribution in [-0.2, 0) is 14.3 Å². The second kappa shape index (κ2) is 5.46. The number of likely N-dealkylation sites (tertiary alicyclic amines) is 1. The van der Waals surface area contributed by atoms with E-state index in [-0.39, 0.29) is 5.91 Å². The first-order chi connectivity index (χ1) is 8.18. The summed E-state index contributed by atoms with van der Waals surface area (Å²) >= 11 is 0. The third-order valence-corrected chi connectivity index (χ3v) is 3.37. The molecule has 6 nitrogen and oxygen atoms in total. The fraction of sp³-hybridized carbons (Fsp3) is 0.818. The van der Waals surface area contributed by atoms with Gasteiger partial charge in [0.2, 0.25) is 5.91 Å². The van der Waals surface area contributed by atoms with Crippen LogP contribution >= 0.6 is 0 Å². The average molecular weight is 242 g/mol. The first-order valence-electron chi connectivity index (χ1n) is 6.01. The topological polar surface area (TPSA) is 70.1 Å². The van der Waals surface area contributed by atoms with E-state index in [1.807, 2.05) is 0 Å². The van der Waals surface area contributed by atoms with Gasteiger partial charge in [-0.15, -0.1) is 0 Å². The third-order valence-electron chi connectivity index (χ3n) is 3.37. The molecule has 17 heavy (non-hydrogen) atoms. The lowest BCUT2D eigenvalue weighted by molar-refractivity contribution is -0.146. The number of carbonyl (C=O) groups is 2. The Hall–Kier alpha value is -1.14. The van der Waals surface area contributed by atoms with E-state index in [0.717, 1.165) is 32.8 Å². The minimum Gasteiger partial charge on any atom is -0.480 e. The molecule has 1 atom stereocenters. The van der Waals surface area contributed by atoms with Crippen LogP contribution in [0.1, 0.15) is 12.8 Å². The van der Waals surface area contributed by atoms with Crippen LogP contribution in [0.3, 0.4) is 0 Å². The second-order valence-corrected chi connectivity index (χ2v) is 4.43. The van der Waals surface area contributed by atoms with Crippen molar-refractivity contribution >= 4 is 11.9 Å². The number of amides is 1. The fourth-order valence-electron chi connectivity index (χ4n) is 2.34. The number of nitrogens with zero attached hydrogens (tertiary/aromatic N) is 2. The summed E-state index contributed by atoms with van der Waals surface area (Å²) in [6.07, 6.45) is 0.803. The molecule has 2 aliphatic heterocycles. The lowest BCUT2D eigenvalue weighted by Crippen LogP contribution is -2.45. The van der Waals surface area contributed by atoms with Crippen LogP contribution in [0, 0.1) is 0 Å². The van der Waals surface area contributed by atoms with Gasteiger partial charge in [0, 0.05) is 32.6 Å². The van der Waals surface area contributed by atoms with Gasteiger partial charge in [0.25, 0.3) is 0 Å². The molecule has 2 rings (SSSR count). The molecular formula is C11H18N2O4. The van der Waals surface area contributed by atoms with E-state index in [9.17, 15) is 9.59 Å². The molecule has 0 aliphatic carbocycles. The number of rotatable bonds is 4. The van der Waals surface area contributed by atoms with Gasteiger partial charge in [-0.1, -0.05) is 0 Å². The summed E-state index contributed by atoms with van der Waals surface area (Å²) in [5.74, 6) is -0.927. The largest absolute Gasteiger partial charge is 0.480 e. The summed E-state index contributed by atoms with van der Waals surface area (Å²) in [5, 5.41) is 9.01. The number of ether oxygens (including phenoxy) is 1. The van der Waals surface area contributed by atoms with Crippen molar-refractivity contribution in [2.24, 2.45) is 0 Å². The molecule has 6 heteroatoms. The van der Waals surface area contributed by atoms with Gasteiger partial charge < -0.3 is 14.7 Å². The zero-order chi connectivity index (χ0) is 12.3. The molecule has 0 saturated carbocycles. The number of carboxylic acid groups (broad SMARTS) is 1. The lowest BCUT2D eigenvalue weighted by atomic mass is 10.2. The number of morpholine rings is 1. The Bertz CT molecular complexity index is 302. The third kappa shape index (κ3) is 2.95. The van der Waals surface area contributed by atoms with Crippen LogP contribution in [0.2, 0.25) is 0 Å². The number of aliphatic carboxylic acids is 1. The van der Waals surface area contributed by atoms with E-state index in [2.05, 4.69) is 4.90 Å². The van der Waals surface area contributed by atoms with Gasteiger partial charge in [0.05, 0.1) is 13.2 Å². The summed E-state index contributed by atoms with van der Waals surface area (Å²) in [6, 6.07) is -0.622. The van der Waals surface area contributed by atoms with E-state index in [1.54, 1.807) is 0 Å². The minimum atomic E-state index is -0.891. The molecule has 2 fully saturated rings. The van der Waals surface area contributed by atoms with Crippen molar-refractivity contribution < 1.29 is 19.4 Å². The predicted octanol–water partition coefficient (Wildman–Crippen LogP) is -0.606. The standard InChI is InChI=1S/C11H18N2O4/c14-10-2-1-9(11(15)16)13(10)4-3-12-5-7-17-8-6-12/h9H,1-8H2,(H,15,16). The van der Waals surface area contributed by atoms with Crippen molar-refractivity contribution in [3.05, 3.63) is 0 Å². The van der Waals surface area contributed by atoms with Crippen LogP contribution in [0.15, 0.2) is 0 Å². The van der Waals surface area contributed by atoms with Gasteiger partial charge in [0.1, 0.15) is 6.04 Å². The monoisotopic (exact) mass is 242 g/mol. The summed E-state index contributed by atoms with van der Waals surface area (Å²) < 4.78 is 5.24. The maximum Gasteiger partial charge on any atom is 0.326 e. The van der Waals surface area contributed by atoms with Gasteiger partial charge in [0.15, 0.2) is 0 Å². The maximum atomic E-state index is 11.6. The van der Waals surface area contributed by atoms with E-state index >= 15 is 0 Å². The molecule has 0 aromatic carbocycles. The number of carbonyl (C=O) groups excluding carboxylic acids is 1. The van der Waals surface area contributed by atoms with Gasteiger partial charge in [-0.2, -0.15) is 0 Å². The van der Waals surface area contributed by atoms with E-state index in [0.29, 0.717) is 19.4 Å². The number of hydrogen-bond acceptors (Lipinski definition) is 4. The Morgan fingerprint density at radius 2 is 2.06 bits per heavy atom. The summed E-state index contributed by atoms with van der Waals surface area (Å²) in [4.78, 5) is 26.3. The average Bonchev–Trinajstić information content (AvgIpc) is 2.69. The molecule has 2 aliphatic rings. The lowest BCUT2D eigenvalue weighted by Gasteiger charge is -2.29. The van der Waals surface area contributed by atoms with Crippen molar-refractivity contribution in [3.63, 3.8) is 0 Å². The van der Waals surface area contributed by atoms with Crippen molar-refractivity contribution in [2.45, 2.75) is 18.9 Å².